The maximum absolute atomic E-state index is 13.5. The van der Waals surface area contributed by atoms with E-state index < -0.39 is 126 Å². The van der Waals surface area contributed by atoms with Crippen LogP contribution >= 0.6 is 0 Å². The molecule has 1 saturated heterocycles. The molecule has 16 nitrogen and oxygen atoms in total. The SMILES string of the molecule is COC(=O)C1=CC2OCC(C)C2(O)C(OC(C)=O)C2C(C)C(OC(C)=O)CC(OC(C)=O)C2(C)C(OC(C)=O)CC1OC(=O)CC(C)OC(C)=O. The van der Waals surface area contributed by atoms with Gasteiger partial charge in [-0.1, -0.05) is 20.8 Å². The molecule has 1 N–H and O–H groups in total. The highest BCUT2D eigenvalue weighted by molar-refractivity contribution is 5.90. The second-order valence-corrected chi connectivity index (χ2v) is 13.9. The normalized spacial score (nSPS) is 35.3. The third-order valence-corrected chi connectivity index (χ3v) is 10.1. The third-order valence-electron chi connectivity index (χ3n) is 10.1. The van der Waals surface area contributed by atoms with Gasteiger partial charge in [-0.15, -0.1) is 0 Å². The van der Waals surface area contributed by atoms with Crippen molar-refractivity contribution >= 4 is 41.8 Å². The summed E-state index contributed by atoms with van der Waals surface area (Å²) in [6.07, 6.45) is -8.63. The Bertz CT molecular complexity index is 1410. The predicted molar refractivity (Wildman–Crippen MR) is 172 cm³/mol. The molecule has 2 aliphatic carbocycles. The maximum Gasteiger partial charge on any atom is 0.337 e. The van der Waals surface area contributed by atoms with Crippen LogP contribution in [-0.2, 0) is 71.5 Å². The van der Waals surface area contributed by atoms with Gasteiger partial charge in [0.15, 0.2) is 0 Å². The summed E-state index contributed by atoms with van der Waals surface area (Å²) in [6, 6.07) is 0. The predicted octanol–water partition coefficient (Wildman–Crippen LogP) is 1.90. The van der Waals surface area contributed by atoms with Gasteiger partial charge < -0.3 is 43.0 Å². The first-order valence-electron chi connectivity index (χ1n) is 16.9. The number of carbonyl (C=O) groups excluding carboxylic acids is 7. The topological polar surface area (TPSA) is 214 Å². The molecule has 0 aromatic heterocycles. The first-order valence-corrected chi connectivity index (χ1v) is 16.9. The molecular formula is C35H50O16. The molecule has 0 spiro atoms. The Morgan fingerprint density at radius 2 is 1.39 bits per heavy atom. The number of esters is 7. The zero-order chi connectivity index (χ0) is 38.6. The van der Waals surface area contributed by atoms with Gasteiger partial charge in [-0.05, 0) is 13.0 Å². The van der Waals surface area contributed by atoms with Gasteiger partial charge >= 0.3 is 41.8 Å². The minimum Gasteiger partial charge on any atom is -0.466 e. The molecule has 51 heavy (non-hydrogen) atoms. The van der Waals surface area contributed by atoms with Gasteiger partial charge in [-0.2, -0.15) is 0 Å². The quantitative estimate of drug-likeness (QED) is 0.265. The molecule has 12 atom stereocenters. The van der Waals surface area contributed by atoms with E-state index in [1.807, 2.05) is 0 Å². The van der Waals surface area contributed by atoms with Crippen LogP contribution in [0.2, 0.25) is 0 Å². The lowest BCUT2D eigenvalue weighted by Gasteiger charge is -2.58. The van der Waals surface area contributed by atoms with Crippen molar-refractivity contribution in [3.8, 4) is 0 Å². The van der Waals surface area contributed by atoms with Crippen molar-refractivity contribution in [3.63, 3.8) is 0 Å². The van der Waals surface area contributed by atoms with Crippen LogP contribution < -0.4 is 0 Å². The van der Waals surface area contributed by atoms with E-state index in [4.69, 9.17) is 37.9 Å². The average Bonchev–Trinajstić information content (AvgIpc) is 3.28. The number of hydrogen-bond acceptors (Lipinski definition) is 16. The van der Waals surface area contributed by atoms with Crippen LogP contribution in [0.25, 0.3) is 0 Å². The minimum absolute atomic E-state index is 0.0832. The molecule has 3 aliphatic rings. The zero-order valence-electron chi connectivity index (χ0n) is 30.8. The summed E-state index contributed by atoms with van der Waals surface area (Å²) >= 11 is 0. The lowest BCUT2D eigenvalue weighted by Crippen LogP contribution is -2.69. The first kappa shape index (κ1) is 41.4. The zero-order valence-corrected chi connectivity index (χ0v) is 30.8. The summed E-state index contributed by atoms with van der Waals surface area (Å²) in [5.74, 6) is -8.17. The average molecular weight is 727 g/mol. The van der Waals surface area contributed by atoms with E-state index in [9.17, 15) is 38.7 Å². The van der Waals surface area contributed by atoms with Crippen LogP contribution in [0.4, 0.5) is 0 Å². The minimum atomic E-state index is -2.12. The lowest BCUT2D eigenvalue weighted by molar-refractivity contribution is -0.254. The van der Waals surface area contributed by atoms with Crippen LogP contribution in [0.1, 0.15) is 81.6 Å². The third kappa shape index (κ3) is 9.07. The second kappa shape index (κ2) is 16.5. The summed E-state index contributed by atoms with van der Waals surface area (Å²) in [7, 11) is 1.09. The molecule has 0 aromatic carbocycles. The highest BCUT2D eigenvalue weighted by Crippen LogP contribution is 2.57. The Labute approximate surface area is 296 Å². The van der Waals surface area contributed by atoms with Gasteiger partial charge in [0.1, 0.15) is 48.3 Å². The Balaban J connectivity index is 2.45. The molecule has 286 valence electrons. The fourth-order valence-electron chi connectivity index (χ4n) is 7.93. The highest BCUT2D eigenvalue weighted by atomic mass is 16.6. The maximum atomic E-state index is 13.5. The number of hydrogen-bond donors (Lipinski definition) is 1. The van der Waals surface area contributed by atoms with Crippen molar-refractivity contribution in [2.24, 2.45) is 23.2 Å². The Morgan fingerprint density at radius 3 is 1.90 bits per heavy atom. The van der Waals surface area contributed by atoms with Crippen LogP contribution in [-0.4, -0.2) is 109 Å². The van der Waals surface area contributed by atoms with Crippen molar-refractivity contribution in [3.05, 3.63) is 11.6 Å². The molecule has 3 rings (SSSR count). The number of rotatable bonds is 9. The summed E-state index contributed by atoms with van der Waals surface area (Å²) in [6.45, 7) is 12.1. The molecule has 0 bridgehead atoms. The van der Waals surface area contributed by atoms with Gasteiger partial charge in [0.05, 0.1) is 25.7 Å². The highest BCUT2D eigenvalue weighted by Gasteiger charge is 2.68. The Morgan fingerprint density at radius 1 is 0.843 bits per heavy atom. The molecule has 0 amide bonds. The number of aliphatic hydroxyl groups is 1. The molecule has 0 aromatic rings. The van der Waals surface area contributed by atoms with E-state index in [2.05, 4.69) is 0 Å². The molecule has 12 unspecified atom stereocenters. The van der Waals surface area contributed by atoms with Gasteiger partial charge in [-0.25, -0.2) is 4.79 Å². The van der Waals surface area contributed by atoms with E-state index in [1.165, 1.54) is 26.8 Å². The summed E-state index contributed by atoms with van der Waals surface area (Å²) in [5, 5.41) is 12.9. The molecule has 16 heteroatoms. The number of ether oxygens (including phenoxy) is 8. The van der Waals surface area contributed by atoms with Crippen molar-refractivity contribution in [2.75, 3.05) is 13.7 Å². The monoisotopic (exact) mass is 726 g/mol. The van der Waals surface area contributed by atoms with Crippen LogP contribution in [0.5, 0.6) is 0 Å². The standard InChI is InChI=1S/C35H50O16/c1-16-15-45-29-12-24(33(42)44-10)26(51-30(41)11-17(2)46-19(4)36)14-28(49-22(7)39)34(9)27(48-21(6)38)13-25(47-20(5)37)18(3)31(34)32(35(16,29)43)50-23(8)40/h12,16-18,25-29,31-32,43H,11,13-15H2,1-10H3. The summed E-state index contributed by atoms with van der Waals surface area (Å²) in [4.78, 5) is 89.3. The van der Waals surface area contributed by atoms with Crippen LogP contribution in [0.3, 0.4) is 0 Å². The smallest absolute Gasteiger partial charge is 0.337 e. The summed E-state index contributed by atoms with van der Waals surface area (Å²) < 4.78 is 45.7. The van der Waals surface area contributed by atoms with Crippen LogP contribution in [0, 0.1) is 23.2 Å². The van der Waals surface area contributed by atoms with E-state index >= 15 is 0 Å². The molecule has 1 aliphatic heterocycles. The number of methoxy groups -OCH3 is 1. The number of carbonyl (C=O) groups is 7. The van der Waals surface area contributed by atoms with E-state index in [1.54, 1.807) is 20.8 Å². The Kier molecular flexibility index (Phi) is 13.4. The van der Waals surface area contributed by atoms with E-state index in [0.29, 0.717) is 0 Å². The summed E-state index contributed by atoms with van der Waals surface area (Å²) in [5.41, 5.74) is -4.03. The van der Waals surface area contributed by atoms with E-state index in [0.717, 1.165) is 27.9 Å². The van der Waals surface area contributed by atoms with Crippen molar-refractivity contribution in [1.29, 1.82) is 0 Å². The molecule has 2 fully saturated rings. The van der Waals surface area contributed by atoms with Gasteiger partial charge in [0.25, 0.3) is 0 Å². The van der Waals surface area contributed by atoms with Crippen molar-refractivity contribution in [1.82, 2.24) is 0 Å². The van der Waals surface area contributed by atoms with Gasteiger partial charge in [-0.3, -0.25) is 28.8 Å². The van der Waals surface area contributed by atoms with Crippen molar-refractivity contribution < 1.29 is 76.6 Å². The van der Waals surface area contributed by atoms with Gasteiger partial charge in [0, 0.05) is 70.6 Å². The lowest BCUT2D eigenvalue weighted by atomic mass is 9.52. The molecule has 0 radical (unpaired) electrons. The second-order valence-electron chi connectivity index (χ2n) is 13.9. The Hall–Kier alpha value is -4.05. The number of fused-ring (bicyclic) bond motifs is 2. The van der Waals surface area contributed by atoms with Crippen molar-refractivity contribution in [2.45, 2.75) is 130 Å². The molecular weight excluding hydrogens is 676 g/mol. The van der Waals surface area contributed by atoms with Crippen LogP contribution in [0.15, 0.2) is 11.6 Å². The fraction of sp³-hybridized carbons (Fsp3) is 0.743. The largest absolute Gasteiger partial charge is 0.466 e. The molecule has 1 heterocycles. The first-order chi connectivity index (χ1) is 23.7. The molecule has 1 saturated carbocycles. The fourth-order valence-corrected chi connectivity index (χ4v) is 7.93. The van der Waals surface area contributed by atoms with E-state index in [-0.39, 0.29) is 18.6 Å². The van der Waals surface area contributed by atoms with Gasteiger partial charge in [0.2, 0.25) is 0 Å².